The number of carbonyl (C=O) groups excluding carboxylic acids is 1. The molecule has 1 heterocycles. The number of ether oxygens (including phenoxy) is 2. The first-order valence-corrected chi connectivity index (χ1v) is 8.65. The Hall–Kier alpha value is -2.79. The van der Waals surface area contributed by atoms with Gasteiger partial charge in [-0.15, -0.1) is 0 Å². The maximum Gasteiger partial charge on any atom is 0.341 e. The monoisotopic (exact) mass is 370 g/mol. The second kappa shape index (κ2) is 8.06. The molecule has 26 heavy (non-hydrogen) atoms. The average molecular weight is 371 g/mol. The number of hydrogen-bond acceptors (Lipinski definition) is 4. The van der Waals surface area contributed by atoms with Crippen LogP contribution in [0, 0.1) is 0 Å². The van der Waals surface area contributed by atoms with Gasteiger partial charge in [0.15, 0.2) is 0 Å². The summed E-state index contributed by atoms with van der Waals surface area (Å²) in [6.07, 6.45) is 0. The van der Waals surface area contributed by atoms with Crippen molar-refractivity contribution in [2.24, 2.45) is 7.05 Å². The summed E-state index contributed by atoms with van der Waals surface area (Å²) in [5.74, 6) is 0.0357. The van der Waals surface area contributed by atoms with Crippen molar-refractivity contribution in [2.45, 2.75) is 13.5 Å². The Morgan fingerprint density at radius 2 is 1.81 bits per heavy atom. The molecule has 0 aliphatic heterocycles. The van der Waals surface area contributed by atoms with Crippen LogP contribution >= 0.6 is 11.6 Å². The summed E-state index contributed by atoms with van der Waals surface area (Å²) in [5, 5.41) is 4.99. The van der Waals surface area contributed by atoms with Crippen LogP contribution in [0.2, 0.25) is 5.15 Å². The molecule has 0 N–H and O–H groups in total. The molecule has 6 heteroatoms. The molecule has 0 saturated heterocycles. The third kappa shape index (κ3) is 3.73. The zero-order valence-electron chi connectivity index (χ0n) is 14.6. The standard InChI is InChI=1S/C20H19ClN2O3/c1-3-25-20(24)15-11-7-8-12-17(15)26-13-16-18(22-23(2)19(16)21)14-9-5-4-6-10-14/h4-12H,3,13H2,1-2H3. The van der Waals surface area contributed by atoms with Crippen molar-refractivity contribution in [1.82, 2.24) is 9.78 Å². The Labute approximate surface area is 157 Å². The number of hydrogen-bond donors (Lipinski definition) is 0. The van der Waals surface area contributed by atoms with E-state index in [0.29, 0.717) is 23.1 Å². The fourth-order valence-corrected chi connectivity index (χ4v) is 2.80. The lowest BCUT2D eigenvalue weighted by Crippen LogP contribution is -2.08. The van der Waals surface area contributed by atoms with Crippen LogP contribution < -0.4 is 4.74 Å². The number of rotatable bonds is 6. The second-order valence-electron chi connectivity index (χ2n) is 5.61. The Morgan fingerprint density at radius 3 is 2.54 bits per heavy atom. The van der Waals surface area contributed by atoms with Crippen LogP contribution in [0.15, 0.2) is 54.6 Å². The van der Waals surface area contributed by atoms with Crippen LogP contribution in [-0.4, -0.2) is 22.4 Å². The topological polar surface area (TPSA) is 53.4 Å². The van der Waals surface area contributed by atoms with E-state index in [2.05, 4.69) is 5.10 Å². The molecule has 0 bridgehead atoms. The van der Waals surface area contributed by atoms with Crippen LogP contribution in [0.1, 0.15) is 22.8 Å². The molecule has 0 fully saturated rings. The number of esters is 1. The van der Waals surface area contributed by atoms with E-state index >= 15 is 0 Å². The van der Waals surface area contributed by atoms with Crippen LogP contribution in [0.4, 0.5) is 0 Å². The first-order valence-electron chi connectivity index (χ1n) is 8.27. The van der Waals surface area contributed by atoms with Gasteiger partial charge in [0, 0.05) is 12.6 Å². The van der Waals surface area contributed by atoms with E-state index in [1.54, 1.807) is 42.9 Å². The van der Waals surface area contributed by atoms with Crippen molar-refractivity contribution in [3.63, 3.8) is 0 Å². The maximum absolute atomic E-state index is 12.1. The minimum atomic E-state index is -0.413. The van der Waals surface area contributed by atoms with Crippen molar-refractivity contribution in [2.75, 3.05) is 6.61 Å². The third-order valence-electron chi connectivity index (χ3n) is 3.87. The molecule has 5 nitrogen and oxygen atoms in total. The van der Waals surface area contributed by atoms with Crippen LogP contribution in [0.5, 0.6) is 5.75 Å². The molecular weight excluding hydrogens is 352 g/mol. The Balaban J connectivity index is 1.89. The van der Waals surface area contributed by atoms with Gasteiger partial charge in [-0.2, -0.15) is 5.10 Å². The Bertz CT molecular complexity index is 907. The van der Waals surface area contributed by atoms with Crippen molar-refractivity contribution in [1.29, 1.82) is 0 Å². The van der Waals surface area contributed by atoms with Crippen molar-refractivity contribution in [3.05, 3.63) is 70.9 Å². The molecule has 0 aliphatic carbocycles. The minimum absolute atomic E-state index is 0.188. The van der Waals surface area contributed by atoms with E-state index in [-0.39, 0.29) is 6.61 Å². The average Bonchev–Trinajstić information content (AvgIpc) is 2.95. The lowest BCUT2D eigenvalue weighted by molar-refractivity contribution is 0.0521. The highest BCUT2D eigenvalue weighted by atomic mass is 35.5. The normalized spacial score (nSPS) is 10.6. The van der Waals surface area contributed by atoms with Crippen molar-refractivity contribution < 1.29 is 14.3 Å². The number of carbonyl (C=O) groups is 1. The lowest BCUT2D eigenvalue weighted by Gasteiger charge is -2.11. The van der Waals surface area contributed by atoms with Gasteiger partial charge in [-0.05, 0) is 19.1 Å². The minimum Gasteiger partial charge on any atom is -0.488 e. The molecule has 134 valence electrons. The van der Waals surface area contributed by atoms with Gasteiger partial charge in [0.2, 0.25) is 0 Å². The Morgan fingerprint density at radius 1 is 1.12 bits per heavy atom. The summed E-state index contributed by atoms with van der Waals surface area (Å²) in [7, 11) is 1.78. The number of benzene rings is 2. The van der Waals surface area contributed by atoms with Gasteiger partial charge < -0.3 is 9.47 Å². The number of aryl methyl sites for hydroxylation is 1. The van der Waals surface area contributed by atoms with Crippen LogP contribution in [0.25, 0.3) is 11.3 Å². The van der Waals surface area contributed by atoms with E-state index in [0.717, 1.165) is 16.8 Å². The molecular formula is C20H19ClN2O3. The number of para-hydroxylation sites is 1. The summed E-state index contributed by atoms with van der Waals surface area (Å²) in [4.78, 5) is 12.1. The largest absolute Gasteiger partial charge is 0.488 e. The fourth-order valence-electron chi connectivity index (χ4n) is 2.62. The number of nitrogens with zero attached hydrogens (tertiary/aromatic N) is 2. The van der Waals surface area contributed by atoms with Crippen LogP contribution in [0.3, 0.4) is 0 Å². The highest BCUT2D eigenvalue weighted by molar-refractivity contribution is 6.30. The zero-order chi connectivity index (χ0) is 18.5. The summed E-state index contributed by atoms with van der Waals surface area (Å²) >= 11 is 6.41. The molecule has 0 aliphatic rings. The molecule has 0 atom stereocenters. The first-order chi connectivity index (χ1) is 12.6. The highest BCUT2D eigenvalue weighted by Crippen LogP contribution is 2.30. The number of aromatic nitrogens is 2. The Kier molecular flexibility index (Phi) is 5.58. The molecule has 0 spiro atoms. The first kappa shape index (κ1) is 18.0. The summed E-state index contributed by atoms with van der Waals surface area (Å²) < 4.78 is 12.6. The van der Waals surface area contributed by atoms with Gasteiger partial charge in [0.1, 0.15) is 28.8 Å². The van der Waals surface area contributed by atoms with E-state index in [9.17, 15) is 4.79 Å². The second-order valence-corrected chi connectivity index (χ2v) is 5.97. The molecule has 0 saturated carbocycles. The van der Waals surface area contributed by atoms with E-state index in [1.807, 2.05) is 30.3 Å². The molecule has 2 aromatic carbocycles. The molecule has 1 aromatic heterocycles. The molecule has 3 rings (SSSR count). The summed E-state index contributed by atoms with van der Waals surface area (Å²) in [6, 6.07) is 16.8. The summed E-state index contributed by atoms with van der Waals surface area (Å²) in [6.45, 7) is 2.26. The van der Waals surface area contributed by atoms with Crippen molar-refractivity contribution in [3.8, 4) is 17.0 Å². The predicted octanol–water partition coefficient (Wildman–Crippen LogP) is 4.50. The zero-order valence-corrected chi connectivity index (χ0v) is 15.4. The van der Waals surface area contributed by atoms with E-state index in [1.165, 1.54) is 0 Å². The van der Waals surface area contributed by atoms with E-state index < -0.39 is 5.97 Å². The highest BCUT2D eigenvalue weighted by Gasteiger charge is 2.19. The smallest absolute Gasteiger partial charge is 0.341 e. The number of halogens is 1. The third-order valence-corrected chi connectivity index (χ3v) is 4.34. The maximum atomic E-state index is 12.1. The molecule has 0 amide bonds. The van der Waals surface area contributed by atoms with Gasteiger partial charge in [-0.3, -0.25) is 4.68 Å². The van der Waals surface area contributed by atoms with Gasteiger partial charge in [0.25, 0.3) is 0 Å². The van der Waals surface area contributed by atoms with Crippen LogP contribution in [-0.2, 0) is 18.4 Å². The SMILES string of the molecule is CCOC(=O)c1ccccc1OCc1c(-c2ccccc2)nn(C)c1Cl. The van der Waals surface area contributed by atoms with Gasteiger partial charge >= 0.3 is 5.97 Å². The fraction of sp³-hybridized carbons (Fsp3) is 0.200. The molecule has 0 unspecified atom stereocenters. The van der Waals surface area contributed by atoms with E-state index in [4.69, 9.17) is 21.1 Å². The predicted molar refractivity (Wildman–Crippen MR) is 100 cm³/mol. The quantitative estimate of drug-likeness (QED) is 0.599. The molecule has 3 aromatic rings. The van der Waals surface area contributed by atoms with Crippen molar-refractivity contribution >= 4 is 17.6 Å². The molecule has 0 radical (unpaired) electrons. The summed E-state index contributed by atoms with van der Waals surface area (Å²) in [5.41, 5.74) is 2.86. The van der Waals surface area contributed by atoms with Gasteiger partial charge in [-0.25, -0.2) is 4.79 Å². The van der Waals surface area contributed by atoms with Gasteiger partial charge in [0.05, 0.1) is 12.2 Å². The lowest BCUT2D eigenvalue weighted by atomic mass is 10.1. The van der Waals surface area contributed by atoms with Gasteiger partial charge in [-0.1, -0.05) is 54.1 Å².